The van der Waals surface area contributed by atoms with E-state index in [1.54, 1.807) is 0 Å². The number of nitrogens with zero attached hydrogens (tertiary/aromatic N) is 3. The van der Waals surface area contributed by atoms with Gasteiger partial charge in [-0.1, -0.05) is 11.6 Å². The largest absolute Gasteiger partial charge is 0.463 e. The van der Waals surface area contributed by atoms with E-state index in [4.69, 9.17) is 16.3 Å². The van der Waals surface area contributed by atoms with Gasteiger partial charge in [-0.05, 0) is 18.4 Å². The Morgan fingerprint density at radius 3 is 2.86 bits per heavy atom. The van der Waals surface area contributed by atoms with Crippen LogP contribution < -0.4 is 4.74 Å². The summed E-state index contributed by atoms with van der Waals surface area (Å²) in [4.78, 5) is 3.64. The van der Waals surface area contributed by atoms with Crippen molar-refractivity contribution in [3.05, 3.63) is 35.1 Å². The lowest BCUT2D eigenvalue weighted by atomic mass is 10.1. The molecule has 0 radical (unpaired) electrons. The third-order valence-corrected chi connectivity index (χ3v) is 5.37. The predicted molar refractivity (Wildman–Crippen MR) is 81.3 cm³/mol. The molecule has 9 heteroatoms. The number of halogens is 2. The van der Waals surface area contributed by atoms with Crippen LogP contribution in [0.25, 0.3) is 0 Å². The van der Waals surface area contributed by atoms with E-state index in [0.29, 0.717) is 13.0 Å². The summed E-state index contributed by atoms with van der Waals surface area (Å²) >= 11 is 5.49. The van der Waals surface area contributed by atoms with E-state index in [1.807, 2.05) is 0 Å². The lowest BCUT2D eigenvalue weighted by Crippen LogP contribution is -2.43. The molecule has 1 fully saturated rings. The average molecular weight is 350 g/mol. The Balaban J connectivity index is 2.07. The normalized spacial score (nSPS) is 18.9. The molecule has 0 saturated carbocycles. The molecule has 2 heterocycles. The molecule has 0 bridgehead atoms. The van der Waals surface area contributed by atoms with Crippen LogP contribution in [0.15, 0.2) is 24.1 Å². The average Bonchev–Trinajstić information content (AvgIpc) is 2.48. The van der Waals surface area contributed by atoms with Crippen molar-refractivity contribution in [1.29, 1.82) is 0 Å². The van der Waals surface area contributed by atoms with Gasteiger partial charge >= 0.3 is 0 Å². The van der Waals surface area contributed by atoms with Gasteiger partial charge < -0.3 is 4.74 Å². The molecule has 122 valence electrons. The Morgan fingerprint density at radius 1 is 1.50 bits per heavy atom. The maximum absolute atomic E-state index is 13.3. The van der Waals surface area contributed by atoms with Crippen LogP contribution in [-0.4, -0.2) is 49.2 Å². The van der Waals surface area contributed by atoms with Crippen molar-refractivity contribution in [3.8, 4) is 5.75 Å². The molecule has 1 aromatic heterocycles. The van der Waals surface area contributed by atoms with Crippen molar-refractivity contribution in [1.82, 2.24) is 13.6 Å². The van der Waals surface area contributed by atoms with Crippen LogP contribution in [0.2, 0.25) is 5.15 Å². The van der Waals surface area contributed by atoms with Crippen molar-refractivity contribution in [2.45, 2.75) is 12.8 Å². The molecule has 0 aromatic carbocycles. The molecule has 0 N–H and O–H groups in total. The summed E-state index contributed by atoms with van der Waals surface area (Å²) < 4.78 is 45.4. The fraction of sp³-hybridized carbons (Fsp3) is 0.462. The third-order valence-electron chi connectivity index (χ3n) is 3.21. The molecule has 1 aliphatic heterocycles. The summed E-state index contributed by atoms with van der Waals surface area (Å²) in [6, 6.07) is 1.13. The summed E-state index contributed by atoms with van der Waals surface area (Å²) in [6.45, 7) is 0.721. The summed E-state index contributed by atoms with van der Waals surface area (Å²) in [7, 11) is -0.464. The zero-order valence-corrected chi connectivity index (χ0v) is 13.9. The Morgan fingerprint density at radius 2 is 2.23 bits per heavy atom. The minimum atomic E-state index is -3.45. The summed E-state index contributed by atoms with van der Waals surface area (Å²) in [5.74, 6) is -0.458. The molecule has 0 aliphatic carbocycles. The third kappa shape index (κ3) is 3.95. The first-order valence-electron chi connectivity index (χ1n) is 6.64. The van der Waals surface area contributed by atoms with Crippen LogP contribution >= 0.6 is 11.6 Å². The lowest BCUT2D eigenvalue weighted by Gasteiger charge is -2.29. The van der Waals surface area contributed by atoms with E-state index < -0.39 is 16.0 Å². The van der Waals surface area contributed by atoms with Gasteiger partial charge in [-0.3, -0.25) is 0 Å². The summed E-state index contributed by atoms with van der Waals surface area (Å²) in [6.07, 6.45) is 4.18. The first kappa shape index (κ1) is 17.1. The topological polar surface area (TPSA) is 62.7 Å². The van der Waals surface area contributed by atoms with E-state index in [1.165, 1.54) is 35.2 Å². The van der Waals surface area contributed by atoms with Crippen LogP contribution in [0.1, 0.15) is 12.8 Å². The van der Waals surface area contributed by atoms with Gasteiger partial charge in [0.1, 0.15) is 5.75 Å². The fourth-order valence-corrected chi connectivity index (χ4v) is 3.26. The Kier molecular flexibility index (Phi) is 5.38. The molecule has 1 aliphatic rings. The summed E-state index contributed by atoms with van der Waals surface area (Å²) in [5, 5.41) is -0.221. The van der Waals surface area contributed by atoms with Gasteiger partial charge in [0.05, 0.1) is 12.5 Å². The standard InChI is InChI=1S/C13H17ClFN3O3S/c1-17(2)22(19,20)18-5-3-4-10(8-18)9-21-11-6-12(15)13(14)16-7-11/h6-7,9H,3-5,8H2,1-2H3/b10-9+. The van der Waals surface area contributed by atoms with Gasteiger partial charge in [0.25, 0.3) is 10.2 Å². The van der Waals surface area contributed by atoms with Crippen LogP contribution in [0.3, 0.4) is 0 Å². The molecular formula is C13H17ClFN3O3S. The molecule has 1 saturated heterocycles. The highest BCUT2D eigenvalue weighted by atomic mass is 35.5. The van der Waals surface area contributed by atoms with Crippen molar-refractivity contribution >= 4 is 21.8 Å². The molecule has 0 unspecified atom stereocenters. The Labute approximate surface area is 134 Å². The van der Waals surface area contributed by atoms with Gasteiger partial charge in [-0.2, -0.15) is 17.0 Å². The van der Waals surface area contributed by atoms with Gasteiger partial charge in [-0.25, -0.2) is 9.37 Å². The number of rotatable bonds is 4. The van der Waals surface area contributed by atoms with Gasteiger partial charge in [-0.15, -0.1) is 0 Å². The minimum absolute atomic E-state index is 0.210. The van der Waals surface area contributed by atoms with Crippen molar-refractivity contribution < 1.29 is 17.5 Å². The van der Waals surface area contributed by atoms with E-state index >= 15 is 0 Å². The van der Waals surface area contributed by atoms with Gasteiger partial charge in [0, 0.05) is 33.3 Å². The molecule has 0 atom stereocenters. The first-order chi connectivity index (χ1) is 10.3. The van der Waals surface area contributed by atoms with E-state index in [2.05, 4.69) is 4.98 Å². The molecule has 22 heavy (non-hydrogen) atoms. The maximum Gasteiger partial charge on any atom is 0.281 e. The number of hydrogen-bond donors (Lipinski definition) is 0. The van der Waals surface area contributed by atoms with Crippen LogP contribution in [-0.2, 0) is 10.2 Å². The smallest absolute Gasteiger partial charge is 0.281 e. The number of ether oxygens (including phenoxy) is 1. The molecular weight excluding hydrogens is 333 g/mol. The molecule has 6 nitrogen and oxygen atoms in total. The number of hydrogen-bond acceptors (Lipinski definition) is 4. The highest BCUT2D eigenvalue weighted by molar-refractivity contribution is 7.86. The monoisotopic (exact) mass is 349 g/mol. The zero-order chi connectivity index (χ0) is 16.3. The van der Waals surface area contributed by atoms with E-state index in [-0.39, 0.29) is 17.4 Å². The molecule has 0 amide bonds. The van der Waals surface area contributed by atoms with Crippen molar-refractivity contribution in [3.63, 3.8) is 0 Å². The SMILES string of the molecule is CN(C)S(=O)(=O)N1CCC/C(=C\Oc2cnc(Cl)c(F)c2)C1. The molecule has 2 rings (SSSR count). The highest BCUT2D eigenvalue weighted by Crippen LogP contribution is 2.21. The second kappa shape index (κ2) is 6.91. The van der Waals surface area contributed by atoms with Crippen molar-refractivity contribution in [2.24, 2.45) is 0 Å². The summed E-state index contributed by atoms with van der Waals surface area (Å²) in [5.41, 5.74) is 0.812. The second-order valence-corrected chi connectivity index (χ2v) is 7.57. The minimum Gasteiger partial charge on any atom is -0.463 e. The zero-order valence-electron chi connectivity index (χ0n) is 12.3. The number of piperidine rings is 1. The Hall–Kier alpha value is -1.22. The lowest BCUT2D eigenvalue weighted by molar-refractivity contribution is 0.355. The first-order valence-corrected chi connectivity index (χ1v) is 8.41. The molecule has 0 spiro atoms. The predicted octanol–water partition coefficient (Wildman–Crippen LogP) is 2.04. The van der Waals surface area contributed by atoms with Crippen LogP contribution in [0.4, 0.5) is 4.39 Å². The van der Waals surface area contributed by atoms with E-state index in [9.17, 15) is 12.8 Å². The fourth-order valence-electron chi connectivity index (χ4n) is 2.01. The van der Waals surface area contributed by atoms with E-state index in [0.717, 1.165) is 18.1 Å². The van der Waals surface area contributed by atoms with Crippen LogP contribution in [0, 0.1) is 5.82 Å². The second-order valence-electron chi connectivity index (χ2n) is 5.06. The highest BCUT2D eigenvalue weighted by Gasteiger charge is 2.27. The quantitative estimate of drug-likeness (QED) is 0.616. The maximum atomic E-state index is 13.3. The number of pyridine rings is 1. The van der Waals surface area contributed by atoms with Crippen LogP contribution in [0.5, 0.6) is 5.75 Å². The number of aromatic nitrogens is 1. The van der Waals surface area contributed by atoms with Gasteiger partial charge in [0.15, 0.2) is 11.0 Å². The Bertz CT molecular complexity index is 679. The van der Waals surface area contributed by atoms with Crippen molar-refractivity contribution in [2.75, 3.05) is 27.2 Å². The molecule has 1 aromatic rings. The van der Waals surface area contributed by atoms with Gasteiger partial charge in [0.2, 0.25) is 0 Å².